The van der Waals surface area contributed by atoms with Gasteiger partial charge in [0.05, 0.1) is 6.42 Å². The van der Waals surface area contributed by atoms with E-state index in [2.05, 4.69) is 0 Å². The molecule has 1 atom stereocenters. The summed E-state index contributed by atoms with van der Waals surface area (Å²) in [6.45, 7) is 0.909. The Morgan fingerprint density at radius 1 is 1.32 bits per heavy atom. The number of hydrogen-bond donors (Lipinski definition) is 2. The topological polar surface area (TPSA) is 83.6 Å². The molecule has 1 heterocycles. The summed E-state index contributed by atoms with van der Waals surface area (Å²) >= 11 is 0. The van der Waals surface area contributed by atoms with Crippen molar-refractivity contribution in [3.05, 3.63) is 35.4 Å². The van der Waals surface area contributed by atoms with Crippen molar-refractivity contribution >= 4 is 11.9 Å². The molecule has 0 radical (unpaired) electrons. The van der Waals surface area contributed by atoms with Crippen molar-refractivity contribution < 1.29 is 14.7 Å². The van der Waals surface area contributed by atoms with Gasteiger partial charge in [0.15, 0.2) is 0 Å². The van der Waals surface area contributed by atoms with Crippen LogP contribution in [0.4, 0.5) is 0 Å². The summed E-state index contributed by atoms with van der Waals surface area (Å²) in [5, 5.41) is 9.09. The predicted molar refractivity (Wildman–Crippen MR) is 70.4 cm³/mol. The molecule has 5 heteroatoms. The first-order chi connectivity index (χ1) is 9.13. The van der Waals surface area contributed by atoms with Gasteiger partial charge in [0.25, 0.3) is 0 Å². The monoisotopic (exact) mass is 262 g/mol. The number of carboxylic acid groups (broad SMARTS) is 1. The Bertz CT molecular complexity index is 487. The van der Waals surface area contributed by atoms with Crippen LogP contribution in [0, 0.1) is 0 Å². The van der Waals surface area contributed by atoms with Gasteiger partial charge >= 0.3 is 5.97 Å². The van der Waals surface area contributed by atoms with E-state index in [9.17, 15) is 9.59 Å². The van der Waals surface area contributed by atoms with Gasteiger partial charge in [-0.15, -0.1) is 0 Å². The Morgan fingerprint density at radius 3 is 2.63 bits per heavy atom. The number of likely N-dealkylation sites (tertiary alicyclic amines) is 1. The fraction of sp³-hybridized carbons (Fsp3) is 0.429. The van der Waals surface area contributed by atoms with E-state index >= 15 is 0 Å². The lowest BCUT2D eigenvalue weighted by atomic mass is 10.0. The number of carbonyl (C=O) groups excluding carboxylic acids is 1. The molecule has 1 aromatic carbocycles. The zero-order chi connectivity index (χ0) is 13.8. The van der Waals surface area contributed by atoms with Crippen molar-refractivity contribution in [2.75, 3.05) is 6.54 Å². The molecule has 0 unspecified atom stereocenters. The SMILES string of the molecule is NCc1ccccc1CC(=O)N1CCC[C@H]1C(=O)O. The van der Waals surface area contributed by atoms with Gasteiger partial charge in [-0.3, -0.25) is 4.79 Å². The fourth-order valence-electron chi connectivity index (χ4n) is 2.52. The van der Waals surface area contributed by atoms with Crippen LogP contribution in [0.1, 0.15) is 24.0 Å². The van der Waals surface area contributed by atoms with E-state index in [4.69, 9.17) is 10.8 Å². The highest BCUT2D eigenvalue weighted by Gasteiger charge is 2.33. The molecule has 0 spiro atoms. The van der Waals surface area contributed by atoms with E-state index in [1.807, 2.05) is 24.3 Å². The molecule has 0 bridgehead atoms. The normalized spacial score (nSPS) is 18.6. The van der Waals surface area contributed by atoms with Crippen molar-refractivity contribution in [1.29, 1.82) is 0 Å². The fourth-order valence-corrected chi connectivity index (χ4v) is 2.52. The zero-order valence-electron chi connectivity index (χ0n) is 10.7. The van der Waals surface area contributed by atoms with Crippen LogP contribution in [-0.4, -0.2) is 34.5 Å². The summed E-state index contributed by atoms with van der Waals surface area (Å²) in [5.41, 5.74) is 7.45. The third-order valence-electron chi connectivity index (χ3n) is 3.54. The number of amides is 1. The first kappa shape index (κ1) is 13.5. The number of nitrogens with two attached hydrogens (primary N) is 1. The van der Waals surface area contributed by atoms with Crippen LogP contribution in [0.2, 0.25) is 0 Å². The van der Waals surface area contributed by atoms with Gasteiger partial charge in [0.1, 0.15) is 6.04 Å². The highest BCUT2D eigenvalue weighted by Crippen LogP contribution is 2.19. The number of rotatable bonds is 4. The molecule has 1 amide bonds. The minimum atomic E-state index is -0.919. The first-order valence-electron chi connectivity index (χ1n) is 6.42. The van der Waals surface area contributed by atoms with Gasteiger partial charge in [0.2, 0.25) is 5.91 Å². The summed E-state index contributed by atoms with van der Waals surface area (Å²) in [5.74, 6) is -1.05. The number of carbonyl (C=O) groups is 2. The largest absolute Gasteiger partial charge is 0.480 e. The molecule has 0 aliphatic carbocycles. The van der Waals surface area contributed by atoms with Gasteiger partial charge in [0, 0.05) is 13.1 Å². The molecule has 102 valence electrons. The number of benzene rings is 1. The average Bonchev–Trinajstić information content (AvgIpc) is 2.88. The third kappa shape index (κ3) is 2.93. The van der Waals surface area contributed by atoms with Gasteiger partial charge in [-0.1, -0.05) is 24.3 Å². The van der Waals surface area contributed by atoms with E-state index in [1.165, 1.54) is 4.90 Å². The maximum absolute atomic E-state index is 12.2. The van der Waals surface area contributed by atoms with Crippen molar-refractivity contribution in [1.82, 2.24) is 4.90 Å². The van der Waals surface area contributed by atoms with Crippen molar-refractivity contribution in [2.24, 2.45) is 5.73 Å². The number of carboxylic acids is 1. The molecule has 0 aromatic heterocycles. The van der Waals surface area contributed by atoms with E-state index in [1.54, 1.807) is 0 Å². The standard InChI is InChI=1S/C14H18N2O3/c15-9-11-5-2-1-4-10(11)8-13(17)16-7-3-6-12(16)14(18)19/h1-2,4-5,12H,3,6-9,15H2,(H,18,19)/t12-/m0/s1. The van der Waals surface area contributed by atoms with Crippen molar-refractivity contribution in [3.63, 3.8) is 0 Å². The highest BCUT2D eigenvalue weighted by molar-refractivity contribution is 5.85. The second-order valence-electron chi connectivity index (χ2n) is 4.73. The van der Waals surface area contributed by atoms with E-state index < -0.39 is 12.0 Å². The van der Waals surface area contributed by atoms with Gasteiger partial charge in [-0.25, -0.2) is 4.79 Å². The summed E-state index contributed by atoms with van der Waals surface area (Å²) in [6, 6.07) is 6.83. The molecule has 1 aromatic rings. The van der Waals surface area contributed by atoms with Crippen LogP contribution < -0.4 is 5.73 Å². The van der Waals surface area contributed by atoms with Crippen LogP contribution in [0.3, 0.4) is 0 Å². The molecule has 1 saturated heterocycles. The van der Waals surface area contributed by atoms with Crippen LogP contribution in [-0.2, 0) is 22.6 Å². The maximum Gasteiger partial charge on any atom is 0.326 e. The summed E-state index contributed by atoms with van der Waals surface area (Å²) < 4.78 is 0. The Hall–Kier alpha value is -1.88. The average molecular weight is 262 g/mol. The van der Waals surface area contributed by atoms with Gasteiger partial charge < -0.3 is 15.7 Å². The molecule has 0 saturated carbocycles. The molecule has 5 nitrogen and oxygen atoms in total. The Morgan fingerprint density at radius 2 is 2.00 bits per heavy atom. The van der Waals surface area contributed by atoms with Crippen LogP contribution in [0.15, 0.2) is 24.3 Å². The van der Waals surface area contributed by atoms with E-state index in [0.29, 0.717) is 19.5 Å². The predicted octanol–water partition coefficient (Wildman–Crippen LogP) is 0.763. The second kappa shape index (κ2) is 5.84. The van der Waals surface area contributed by atoms with Crippen molar-refractivity contribution in [2.45, 2.75) is 31.8 Å². The van der Waals surface area contributed by atoms with Crippen LogP contribution >= 0.6 is 0 Å². The Labute approximate surface area is 112 Å². The van der Waals surface area contributed by atoms with Gasteiger partial charge in [-0.05, 0) is 24.0 Å². The highest BCUT2D eigenvalue weighted by atomic mass is 16.4. The first-order valence-corrected chi connectivity index (χ1v) is 6.42. The molecule has 1 aliphatic heterocycles. The molecule has 19 heavy (non-hydrogen) atoms. The molecule has 1 aliphatic rings. The van der Waals surface area contributed by atoms with Crippen LogP contribution in [0.5, 0.6) is 0 Å². The number of nitrogens with zero attached hydrogens (tertiary/aromatic N) is 1. The summed E-state index contributed by atoms with van der Waals surface area (Å²) in [7, 11) is 0. The maximum atomic E-state index is 12.2. The lowest BCUT2D eigenvalue weighted by Crippen LogP contribution is -2.41. The summed E-state index contributed by atoms with van der Waals surface area (Å²) in [6.07, 6.45) is 1.51. The number of aliphatic carboxylic acids is 1. The lowest BCUT2D eigenvalue weighted by Gasteiger charge is -2.22. The Balaban J connectivity index is 2.10. The Kier molecular flexibility index (Phi) is 4.16. The molecule has 2 rings (SSSR count). The zero-order valence-corrected chi connectivity index (χ0v) is 10.7. The molecule has 1 fully saturated rings. The number of hydrogen-bond acceptors (Lipinski definition) is 3. The molecule has 3 N–H and O–H groups in total. The van der Waals surface area contributed by atoms with E-state index in [0.717, 1.165) is 17.5 Å². The quantitative estimate of drug-likeness (QED) is 0.839. The smallest absolute Gasteiger partial charge is 0.326 e. The molecular formula is C14H18N2O3. The van der Waals surface area contributed by atoms with Gasteiger partial charge in [-0.2, -0.15) is 0 Å². The minimum Gasteiger partial charge on any atom is -0.480 e. The lowest BCUT2D eigenvalue weighted by molar-refractivity contribution is -0.148. The van der Waals surface area contributed by atoms with E-state index in [-0.39, 0.29) is 12.3 Å². The van der Waals surface area contributed by atoms with Crippen molar-refractivity contribution in [3.8, 4) is 0 Å². The summed E-state index contributed by atoms with van der Waals surface area (Å²) in [4.78, 5) is 24.8. The molecular weight excluding hydrogens is 244 g/mol. The van der Waals surface area contributed by atoms with Crippen LogP contribution in [0.25, 0.3) is 0 Å². The third-order valence-corrected chi connectivity index (χ3v) is 3.54. The second-order valence-corrected chi connectivity index (χ2v) is 4.73. The minimum absolute atomic E-state index is 0.134.